The van der Waals surface area contributed by atoms with E-state index in [0.717, 1.165) is 28.8 Å². The second-order valence-electron chi connectivity index (χ2n) is 5.95. The normalized spacial score (nSPS) is 19.3. The van der Waals surface area contributed by atoms with Gasteiger partial charge in [0.05, 0.1) is 15.5 Å². The molecule has 0 aromatic carbocycles. The molecule has 0 bridgehead atoms. The predicted molar refractivity (Wildman–Crippen MR) is 75.9 cm³/mol. The van der Waals surface area contributed by atoms with E-state index in [2.05, 4.69) is 16.8 Å². The van der Waals surface area contributed by atoms with Crippen molar-refractivity contribution >= 4 is 11.3 Å². The van der Waals surface area contributed by atoms with E-state index in [9.17, 15) is 5.11 Å². The molecule has 1 saturated heterocycles. The molecule has 1 aliphatic rings. The SMILES string of the molecule is CC1CCN(CCc2ncc(C(C)(C)O)s2)CC1. The van der Waals surface area contributed by atoms with E-state index in [0.29, 0.717) is 0 Å². The molecule has 4 heteroatoms. The molecule has 2 heterocycles. The molecule has 18 heavy (non-hydrogen) atoms. The summed E-state index contributed by atoms with van der Waals surface area (Å²) in [4.78, 5) is 7.91. The van der Waals surface area contributed by atoms with Crippen molar-refractivity contribution in [3.05, 3.63) is 16.1 Å². The van der Waals surface area contributed by atoms with Crippen molar-refractivity contribution in [3.63, 3.8) is 0 Å². The molecule has 0 atom stereocenters. The maximum Gasteiger partial charge on any atom is 0.0948 e. The molecule has 1 aromatic rings. The minimum absolute atomic E-state index is 0.753. The fourth-order valence-electron chi connectivity index (χ4n) is 2.25. The molecule has 0 amide bonds. The lowest BCUT2D eigenvalue weighted by Gasteiger charge is -2.29. The van der Waals surface area contributed by atoms with Gasteiger partial charge in [0.15, 0.2) is 0 Å². The topological polar surface area (TPSA) is 36.4 Å². The number of aromatic nitrogens is 1. The van der Waals surface area contributed by atoms with Crippen molar-refractivity contribution in [3.8, 4) is 0 Å². The molecule has 1 fully saturated rings. The first-order valence-corrected chi connectivity index (χ1v) is 7.66. The van der Waals surface area contributed by atoms with Crippen LogP contribution in [0.3, 0.4) is 0 Å². The summed E-state index contributed by atoms with van der Waals surface area (Å²) < 4.78 is 0. The molecule has 0 aliphatic carbocycles. The highest BCUT2D eigenvalue weighted by Gasteiger charge is 2.20. The van der Waals surface area contributed by atoms with Crippen LogP contribution in [0.5, 0.6) is 0 Å². The molecular formula is C14H24N2OS. The Kier molecular flexibility index (Phi) is 4.41. The minimum atomic E-state index is -0.753. The van der Waals surface area contributed by atoms with Crippen molar-refractivity contribution in [2.24, 2.45) is 5.92 Å². The largest absolute Gasteiger partial charge is 0.385 e. The highest BCUT2D eigenvalue weighted by Crippen LogP contribution is 2.26. The molecule has 0 unspecified atom stereocenters. The predicted octanol–water partition coefficient (Wildman–Crippen LogP) is 2.64. The van der Waals surface area contributed by atoms with E-state index >= 15 is 0 Å². The fraction of sp³-hybridized carbons (Fsp3) is 0.786. The quantitative estimate of drug-likeness (QED) is 0.912. The van der Waals surface area contributed by atoms with Gasteiger partial charge in [0, 0.05) is 19.2 Å². The number of thiazole rings is 1. The molecule has 0 saturated carbocycles. The lowest BCUT2D eigenvalue weighted by atomic mass is 9.99. The number of piperidine rings is 1. The van der Waals surface area contributed by atoms with Crippen molar-refractivity contribution in [2.75, 3.05) is 19.6 Å². The number of hydrogen-bond acceptors (Lipinski definition) is 4. The summed E-state index contributed by atoms with van der Waals surface area (Å²) in [6.07, 6.45) is 5.48. The highest BCUT2D eigenvalue weighted by molar-refractivity contribution is 7.11. The number of rotatable bonds is 4. The summed E-state index contributed by atoms with van der Waals surface area (Å²) in [7, 11) is 0. The highest BCUT2D eigenvalue weighted by atomic mass is 32.1. The van der Waals surface area contributed by atoms with Gasteiger partial charge in [-0.15, -0.1) is 11.3 Å². The molecular weight excluding hydrogens is 244 g/mol. The van der Waals surface area contributed by atoms with Gasteiger partial charge >= 0.3 is 0 Å². The molecule has 0 spiro atoms. The Morgan fingerprint density at radius 3 is 2.67 bits per heavy atom. The number of hydrogen-bond donors (Lipinski definition) is 1. The third kappa shape index (κ3) is 3.77. The summed E-state index contributed by atoms with van der Waals surface area (Å²) in [6, 6.07) is 0. The second kappa shape index (κ2) is 5.68. The Morgan fingerprint density at radius 2 is 2.11 bits per heavy atom. The van der Waals surface area contributed by atoms with Crippen LogP contribution in [0.2, 0.25) is 0 Å². The van der Waals surface area contributed by atoms with Crippen LogP contribution in [0.1, 0.15) is 43.5 Å². The summed E-state index contributed by atoms with van der Waals surface area (Å²) in [5, 5.41) is 11.1. The fourth-order valence-corrected chi connectivity index (χ4v) is 3.16. The lowest BCUT2D eigenvalue weighted by molar-refractivity contribution is 0.0823. The van der Waals surface area contributed by atoms with Crippen LogP contribution in [0.25, 0.3) is 0 Å². The zero-order valence-corrected chi connectivity index (χ0v) is 12.5. The molecule has 102 valence electrons. The first-order valence-electron chi connectivity index (χ1n) is 6.85. The Morgan fingerprint density at radius 1 is 1.44 bits per heavy atom. The van der Waals surface area contributed by atoms with Gasteiger partial charge in [-0.2, -0.15) is 0 Å². The van der Waals surface area contributed by atoms with E-state index < -0.39 is 5.60 Å². The van der Waals surface area contributed by atoms with Gasteiger partial charge in [-0.3, -0.25) is 0 Å². The Bertz CT molecular complexity index is 375. The third-order valence-corrected chi connectivity index (χ3v) is 5.04. The van der Waals surface area contributed by atoms with E-state index in [1.165, 1.54) is 25.9 Å². The van der Waals surface area contributed by atoms with Crippen molar-refractivity contribution < 1.29 is 5.11 Å². The van der Waals surface area contributed by atoms with Crippen LogP contribution in [0.4, 0.5) is 0 Å². The summed E-state index contributed by atoms with van der Waals surface area (Å²) >= 11 is 1.64. The van der Waals surface area contributed by atoms with Crippen LogP contribution in [-0.2, 0) is 12.0 Å². The van der Waals surface area contributed by atoms with E-state index in [1.54, 1.807) is 11.3 Å². The van der Waals surface area contributed by atoms with E-state index in [1.807, 2.05) is 20.0 Å². The van der Waals surface area contributed by atoms with Crippen molar-refractivity contribution in [1.29, 1.82) is 0 Å². The first-order chi connectivity index (χ1) is 8.45. The first kappa shape index (κ1) is 14.0. The number of nitrogens with zero attached hydrogens (tertiary/aromatic N) is 2. The molecule has 2 rings (SSSR count). The Labute approximate surface area is 114 Å². The minimum Gasteiger partial charge on any atom is -0.385 e. The van der Waals surface area contributed by atoms with Gasteiger partial charge in [-0.25, -0.2) is 4.98 Å². The zero-order valence-electron chi connectivity index (χ0n) is 11.6. The Hall–Kier alpha value is -0.450. The zero-order chi connectivity index (χ0) is 13.2. The van der Waals surface area contributed by atoms with Crippen molar-refractivity contribution in [1.82, 2.24) is 9.88 Å². The van der Waals surface area contributed by atoms with Gasteiger partial charge in [-0.05, 0) is 45.7 Å². The maximum absolute atomic E-state index is 9.91. The molecule has 1 N–H and O–H groups in total. The summed E-state index contributed by atoms with van der Waals surface area (Å²) in [5.74, 6) is 0.892. The van der Waals surface area contributed by atoms with Crippen LogP contribution in [0.15, 0.2) is 6.20 Å². The number of aliphatic hydroxyl groups is 1. The van der Waals surface area contributed by atoms with Crippen LogP contribution in [-0.4, -0.2) is 34.6 Å². The molecule has 0 radical (unpaired) electrons. The van der Waals surface area contributed by atoms with Crippen LogP contribution in [0, 0.1) is 5.92 Å². The van der Waals surface area contributed by atoms with Gasteiger partial charge in [-0.1, -0.05) is 6.92 Å². The summed E-state index contributed by atoms with van der Waals surface area (Å²) in [5.41, 5.74) is -0.753. The van der Waals surface area contributed by atoms with Gasteiger partial charge in [0.1, 0.15) is 0 Å². The average Bonchev–Trinajstić information content (AvgIpc) is 2.77. The summed E-state index contributed by atoms with van der Waals surface area (Å²) in [6.45, 7) is 9.53. The van der Waals surface area contributed by atoms with E-state index in [-0.39, 0.29) is 0 Å². The lowest BCUT2D eigenvalue weighted by Crippen LogP contribution is -2.34. The standard InChI is InChI=1S/C14H24N2OS/c1-11-4-7-16(8-5-11)9-6-13-15-10-12(18-13)14(2,3)17/h10-11,17H,4-9H2,1-3H3. The average molecular weight is 268 g/mol. The van der Waals surface area contributed by atoms with Gasteiger partial charge < -0.3 is 10.0 Å². The van der Waals surface area contributed by atoms with Crippen LogP contribution < -0.4 is 0 Å². The van der Waals surface area contributed by atoms with Gasteiger partial charge in [0.2, 0.25) is 0 Å². The second-order valence-corrected chi connectivity index (χ2v) is 7.07. The monoisotopic (exact) mass is 268 g/mol. The van der Waals surface area contributed by atoms with Crippen molar-refractivity contribution in [2.45, 2.75) is 45.6 Å². The van der Waals surface area contributed by atoms with Gasteiger partial charge in [0.25, 0.3) is 0 Å². The molecule has 3 nitrogen and oxygen atoms in total. The molecule has 1 aliphatic heterocycles. The maximum atomic E-state index is 9.91. The van der Waals surface area contributed by atoms with E-state index in [4.69, 9.17) is 0 Å². The number of likely N-dealkylation sites (tertiary alicyclic amines) is 1. The Balaban J connectivity index is 1.82. The third-order valence-electron chi connectivity index (χ3n) is 3.67. The van der Waals surface area contributed by atoms with Crippen LogP contribution >= 0.6 is 11.3 Å². The smallest absolute Gasteiger partial charge is 0.0948 e. The molecule has 1 aromatic heterocycles.